The van der Waals surface area contributed by atoms with Crippen molar-refractivity contribution in [3.05, 3.63) is 34.3 Å². The SMILES string of the molecule is CNC(=O)C1CC(c2ccc(Br)cc2)NN1. The Hall–Kier alpha value is -0.910. The molecule has 1 heterocycles. The quantitative estimate of drug-likeness (QED) is 0.762. The van der Waals surface area contributed by atoms with Crippen LogP contribution in [0.3, 0.4) is 0 Å². The number of benzene rings is 1. The molecule has 0 radical (unpaired) electrons. The number of hydrazine groups is 1. The third kappa shape index (κ3) is 2.42. The lowest BCUT2D eigenvalue weighted by atomic mass is 10.0. The minimum atomic E-state index is -0.154. The smallest absolute Gasteiger partial charge is 0.238 e. The number of halogens is 1. The number of carbonyl (C=O) groups is 1. The molecule has 1 aliphatic heterocycles. The van der Waals surface area contributed by atoms with Gasteiger partial charge in [-0.1, -0.05) is 28.1 Å². The van der Waals surface area contributed by atoms with E-state index < -0.39 is 0 Å². The minimum Gasteiger partial charge on any atom is -0.358 e. The van der Waals surface area contributed by atoms with Crippen LogP contribution in [0.4, 0.5) is 0 Å². The summed E-state index contributed by atoms with van der Waals surface area (Å²) < 4.78 is 1.06. The summed E-state index contributed by atoms with van der Waals surface area (Å²) in [5, 5.41) is 2.64. The van der Waals surface area contributed by atoms with Crippen molar-refractivity contribution in [3.8, 4) is 0 Å². The highest BCUT2D eigenvalue weighted by Gasteiger charge is 2.29. The van der Waals surface area contributed by atoms with Crippen LogP contribution < -0.4 is 16.2 Å². The molecule has 1 saturated heterocycles. The van der Waals surface area contributed by atoms with Crippen LogP contribution in [0.25, 0.3) is 0 Å². The molecule has 0 aliphatic carbocycles. The van der Waals surface area contributed by atoms with Gasteiger partial charge in [-0.3, -0.25) is 4.79 Å². The van der Waals surface area contributed by atoms with Crippen molar-refractivity contribution in [1.82, 2.24) is 16.2 Å². The molecule has 0 bridgehead atoms. The van der Waals surface area contributed by atoms with E-state index in [2.05, 4.69) is 44.2 Å². The number of hydrogen-bond acceptors (Lipinski definition) is 3. The second kappa shape index (κ2) is 4.95. The topological polar surface area (TPSA) is 53.2 Å². The van der Waals surface area contributed by atoms with Crippen LogP contribution in [0.2, 0.25) is 0 Å². The van der Waals surface area contributed by atoms with E-state index in [1.54, 1.807) is 7.05 Å². The molecule has 2 unspecified atom stereocenters. The van der Waals surface area contributed by atoms with E-state index in [0.29, 0.717) is 0 Å². The predicted molar refractivity (Wildman–Crippen MR) is 65.6 cm³/mol. The molecule has 1 amide bonds. The molecule has 1 aromatic carbocycles. The van der Waals surface area contributed by atoms with Gasteiger partial charge in [0, 0.05) is 17.6 Å². The van der Waals surface area contributed by atoms with Crippen LogP contribution >= 0.6 is 15.9 Å². The lowest BCUT2D eigenvalue weighted by Crippen LogP contribution is -2.41. The molecule has 1 aromatic rings. The standard InChI is InChI=1S/C11H14BrN3O/c1-13-11(16)10-6-9(14-15-10)7-2-4-8(12)5-3-7/h2-5,9-10,14-15H,6H2,1H3,(H,13,16). The number of likely N-dealkylation sites (N-methyl/N-ethyl adjacent to an activating group) is 1. The normalized spacial score (nSPS) is 24.4. The van der Waals surface area contributed by atoms with Gasteiger partial charge in [-0.05, 0) is 24.1 Å². The van der Waals surface area contributed by atoms with Crippen molar-refractivity contribution in [2.75, 3.05) is 7.05 Å². The lowest BCUT2D eigenvalue weighted by Gasteiger charge is -2.09. The minimum absolute atomic E-state index is 0.0205. The molecule has 4 nitrogen and oxygen atoms in total. The van der Waals surface area contributed by atoms with E-state index in [1.165, 1.54) is 5.56 Å². The fourth-order valence-electron chi connectivity index (χ4n) is 1.82. The summed E-state index contributed by atoms with van der Waals surface area (Å²) in [6.07, 6.45) is 0.765. The van der Waals surface area contributed by atoms with Gasteiger partial charge in [-0.25, -0.2) is 10.9 Å². The second-order valence-corrected chi connectivity index (χ2v) is 4.71. The fraction of sp³-hybridized carbons (Fsp3) is 0.364. The van der Waals surface area contributed by atoms with Crippen molar-refractivity contribution in [1.29, 1.82) is 0 Å². The Labute approximate surface area is 103 Å². The van der Waals surface area contributed by atoms with Crippen LogP contribution in [0, 0.1) is 0 Å². The number of hydrogen-bond donors (Lipinski definition) is 3. The van der Waals surface area contributed by atoms with E-state index in [0.717, 1.165) is 10.9 Å². The van der Waals surface area contributed by atoms with E-state index in [9.17, 15) is 4.79 Å². The Kier molecular flexibility index (Phi) is 3.58. The highest BCUT2D eigenvalue weighted by Crippen LogP contribution is 2.23. The molecular formula is C11H14BrN3O. The van der Waals surface area contributed by atoms with Crippen molar-refractivity contribution in [2.24, 2.45) is 0 Å². The number of nitrogens with one attached hydrogen (secondary N) is 3. The van der Waals surface area contributed by atoms with Crippen molar-refractivity contribution >= 4 is 21.8 Å². The summed E-state index contributed by atoms with van der Waals surface area (Å²) in [5.74, 6) is 0.0205. The summed E-state index contributed by atoms with van der Waals surface area (Å²) in [6, 6.07) is 8.15. The molecule has 2 atom stereocenters. The average Bonchev–Trinajstić information content (AvgIpc) is 2.78. The van der Waals surface area contributed by atoms with Gasteiger partial charge in [-0.2, -0.15) is 0 Å². The van der Waals surface area contributed by atoms with Gasteiger partial charge < -0.3 is 5.32 Å². The molecule has 16 heavy (non-hydrogen) atoms. The van der Waals surface area contributed by atoms with E-state index in [-0.39, 0.29) is 18.0 Å². The molecule has 0 saturated carbocycles. The van der Waals surface area contributed by atoms with Gasteiger partial charge in [0.25, 0.3) is 0 Å². The molecule has 1 fully saturated rings. The summed E-state index contributed by atoms with van der Waals surface area (Å²) >= 11 is 3.40. The third-order valence-electron chi connectivity index (χ3n) is 2.74. The molecule has 2 rings (SSSR count). The van der Waals surface area contributed by atoms with E-state index >= 15 is 0 Å². The Bertz CT molecular complexity index is 379. The van der Waals surface area contributed by atoms with Crippen molar-refractivity contribution in [2.45, 2.75) is 18.5 Å². The summed E-state index contributed by atoms with van der Waals surface area (Å²) in [6.45, 7) is 0. The van der Waals surface area contributed by atoms with Crippen LogP contribution in [0.1, 0.15) is 18.0 Å². The maximum Gasteiger partial charge on any atom is 0.238 e. The number of rotatable bonds is 2. The monoisotopic (exact) mass is 283 g/mol. The Morgan fingerprint density at radius 2 is 2.06 bits per heavy atom. The maximum absolute atomic E-state index is 11.4. The Morgan fingerprint density at radius 1 is 1.38 bits per heavy atom. The molecule has 5 heteroatoms. The van der Waals surface area contributed by atoms with Gasteiger partial charge in [0.2, 0.25) is 5.91 Å². The largest absolute Gasteiger partial charge is 0.358 e. The summed E-state index contributed by atoms with van der Waals surface area (Å²) in [7, 11) is 1.65. The molecule has 0 aromatic heterocycles. The lowest BCUT2D eigenvalue weighted by molar-refractivity contribution is -0.122. The maximum atomic E-state index is 11.4. The molecule has 86 valence electrons. The van der Waals surface area contributed by atoms with Crippen LogP contribution in [-0.2, 0) is 4.79 Å². The zero-order valence-electron chi connectivity index (χ0n) is 8.96. The highest BCUT2D eigenvalue weighted by molar-refractivity contribution is 9.10. The second-order valence-electron chi connectivity index (χ2n) is 3.80. The first-order valence-electron chi connectivity index (χ1n) is 5.19. The zero-order chi connectivity index (χ0) is 11.5. The van der Waals surface area contributed by atoms with Crippen molar-refractivity contribution in [3.63, 3.8) is 0 Å². The summed E-state index contributed by atoms with van der Waals surface area (Å²) in [5.41, 5.74) is 7.31. The predicted octanol–water partition coefficient (Wildman–Crippen LogP) is 1.10. The first-order chi connectivity index (χ1) is 7.70. The third-order valence-corrected chi connectivity index (χ3v) is 3.27. The number of amides is 1. The van der Waals surface area contributed by atoms with Crippen LogP contribution in [-0.4, -0.2) is 19.0 Å². The molecule has 0 spiro atoms. The first-order valence-corrected chi connectivity index (χ1v) is 5.98. The number of carbonyl (C=O) groups excluding carboxylic acids is 1. The highest BCUT2D eigenvalue weighted by atomic mass is 79.9. The molecule has 3 N–H and O–H groups in total. The van der Waals surface area contributed by atoms with Crippen molar-refractivity contribution < 1.29 is 4.79 Å². The van der Waals surface area contributed by atoms with Gasteiger partial charge >= 0.3 is 0 Å². The van der Waals surface area contributed by atoms with Crippen LogP contribution in [0.15, 0.2) is 28.7 Å². The van der Waals surface area contributed by atoms with Gasteiger partial charge in [0.15, 0.2) is 0 Å². The Morgan fingerprint density at radius 3 is 2.69 bits per heavy atom. The van der Waals surface area contributed by atoms with Gasteiger partial charge in [0.05, 0.1) is 0 Å². The molecule has 1 aliphatic rings. The average molecular weight is 284 g/mol. The zero-order valence-corrected chi connectivity index (χ0v) is 10.5. The van der Waals surface area contributed by atoms with E-state index in [1.807, 2.05) is 12.1 Å². The molecular weight excluding hydrogens is 270 g/mol. The van der Waals surface area contributed by atoms with E-state index in [4.69, 9.17) is 0 Å². The Balaban J connectivity index is 2.03. The first kappa shape index (κ1) is 11.6. The van der Waals surface area contributed by atoms with Gasteiger partial charge in [-0.15, -0.1) is 0 Å². The van der Waals surface area contributed by atoms with Gasteiger partial charge in [0.1, 0.15) is 6.04 Å². The van der Waals surface area contributed by atoms with Crippen LogP contribution in [0.5, 0.6) is 0 Å². The summed E-state index contributed by atoms with van der Waals surface area (Å²) in [4.78, 5) is 11.4. The fourth-order valence-corrected chi connectivity index (χ4v) is 2.08.